The third-order valence-corrected chi connectivity index (χ3v) is 5.36. The number of anilines is 1. The van der Waals surface area contributed by atoms with Crippen molar-refractivity contribution < 1.29 is 9.59 Å². The number of carbonyl (C=O) groups is 2. The number of benzene rings is 1. The molecule has 1 N–H and O–H groups in total. The lowest BCUT2D eigenvalue weighted by Crippen LogP contribution is -2.31. The van der Waals surface area contributed by atoms with Crippen LogP contribution in [-0.4, -0.2) is 39.9 Å². The van der Waals surface area contributed by atoms with Gasteiger partial charge in [-0.25, -0.2) is 4.98 Å². The van der Waals surface area contributed by atoms with Gasteiger partial charge in [0.25, 0.3) is 11.8 Å². The van der Waals surface area contributed by atoms with E-state index in [1.807, 2.05) is 36.6 Å². The van der Waals surface area contributed by atoms with Gasteiger partial charge in [-0.2, -0.15) is 0 Å². The van der Waals surface area contributed by atoms with E-state index >= 15 is 0 Å². The highest BCUT2D eigenvalue weighted by Gasteiger charge is 2.29. The van der Waals surface area contributed by atoms with Crippen LogP contribution in [0.1, 0.15) is 70.5 Å². The smallest absolute Gasteiger partial charge is 0.289 e. The zero-order chi connectivity index (χ0) is 20.3. The number of rotatable bonds is 6. The molecule has 0 bridgehead atoms. The molecule has 0 atom stereocenters. The number of hydrogen-bond donors (Lipinski definition) is 1. The number of nitrogens with one attached hydrogen (secondary N) is 1. The molecule has 0 unspecified atom stereocenters. The molecule has 0 spiro atoms. The molecule has 0 saturated carbocycles. The first kappa shape index (κ1) is 20.1. The summed E-state index contributed by atoms with van der Waals surface area (Å²) in [6.07, 6.45) is 4.76. The van der Waals surface area contributed by atoms with Crippen LogP contribution in [0.2, 0.25) is 0 Å². The molecule has 2 amide bonds. The Morgan fingerprint density at radius 3 is 2.79 bits per heavy atom. The second-order valence-corrected chi connectivity index (χ2v) is 7.69. The Hall–Kier alpha value is -2.63. The summed E-state index contributed by atoms with van der Waals surface area (Å²) >= 11 is 0. The summed E-state index contributed by atoms with van der Waals surface area (Å²) in [4.78, 5) is 32.2. The molecule has 0 saturated heterocycles. The van der Waals surface area contributed by atoms with Crippen molar-refractivity contribution in [2.45, 2.75) is 59.4 Å². The summed E-state index contributed by atoms with van der Waals surface area (Å²) in [6.45, 7) is 7.50. The van der Waals surface area contributed by atoms with E-state index in [4.69, 9.17) is 0 Å². The fourth-order valence-corrected chi connectivity index (χ4v) is 3.61. The van der Waals surface area contributed by atoms with Gasteiger partial charge < -0.3 is 14.8 Å². The predicted octanol–water partition coefficient (Wildman–Crippen LogP) is 3.96. The number of imidazole rings is 1. The molecule has 0 radical (unpaired) electrons. The molecule has 1 aromatic carbocycles. The van der Waals surface area contributed by atoms with Gasteiger partial charge in [0.2, 0.25) is 0 Å². The van der Waals surface area contributed by atoms with Crippen molar-refractivity contribution in [2.75, 3.05) is 18.9 Å². The lowest BCUT2D eigenvalue weighted by molar-refractivity contribution is 0.0775. The fourth-order valence-electron chi connectivity index (χ4n) is 3.61. The molecule has 1 aliphatic rings. The molecule has 6 nitrogen and oxygen atoms in total. The van der Waals surface area contributed by atoms with Gasteiger partial charge in [-0.1, -0.05) is 25.5 Å². The first-order chi connectivity index (χ1) is 13.4. The van der Waals surface area contributed by atoms with E-state index in [0.29, 0.717) is 18.1 Å². The molecule has 0 aliphatic carbocycles. The van der Waals surface area contributed by atoms with Gasteiger partial charge >= 0.3 is 0 Å². The predicted molar refractivity (Wildman–Crippen MR) is 111 cm³/mol. The topological polar surface area (TPSA) is 67.2 Å². The van der Waals surface area contributed by atoms with Crippen molar-refractivity contribution in [1.29, 1.82) is 0 Å². The van der Waals surface area contributed by atoms with E-state index in [-0.39, 0.29) is 11.8 Å². The third kappa shape index (κ3) is 4.11. The maximum atomic E-state index is 13.0. The second-order valence-electron chi connectivity index (χ2n) is 7.69. The average molecular weight is 383 g/mol. The first-order valence-corrected chi connectivity index (χ1v) is 10.2. The number of fused-ring (bicyclic) bond motifs is 1. The monoisotopic (exact) mass is 382 g/mol. The minimum absolute atomic E-state index is 0.109. The SMILES string of the molecule is CCCCN(C)C(=O)c1nc(C(=O)Nc2cc(C)ccc2C)c2n1CCCC2. The number of amides is 2. The zero-order valence-corrected chi connectivity index (χ0v) is 17.3. The normalized spacial score (nSPS) is 13.1. The quantitative estimate of drug-likeness (QED) is 0.822. The standard InChI is InChI=1S/C22H30N4O2/c1-5-6-12-25(4)22(28)20-24-19(18-9-7-8-13-26(18)20)21(27)23-17-14-15(2)10-11-16(17)3/h10-11,14H,5-9,12-13H2,1-4H3,(H,23,27). The van der Waals surface area contributed by atoms with Crippen molar-refractivity contribution in [3.05, 3.63) is 46.5 Å². The molecule has 0 fully saturated rings. The molecule has 28 heavy (non-hydrogen) atoms. The molecule has 1 aliphatic heterocycles. The van der Waals surface area contributed by atoms with E-state index in [1.54, 1.807) is 11.9 Å². The minimum Gasteiger partial charge on any atom is -0.339 e. The molecular formula is C22H30N4O2. The lowest BCUT2D eigenvalue weighted by atomic mass is 10.1. The Morgan fingerprint density at radius 2 is 2.04 bits per heavy atom. The van der Waals surface area contributed by atoms with Gasteiger partial charge in [0, 0.05) is 25.8 Å². The summed E-state index contributed by atoms with van der Waals surface area (Å²) in [5, 5.41) is 2.99. The van der Waals surface area contributed by atoms with Gasteiger partial charge in [-0.3, -0.25) is 9.59 Å². The Balaban J connectivity index is 1.91. The number of unbranched alkanes of at least 4 members (excludes halogenated alkanes) is 1. The summed E-state index contributed by atoms with van der Waals surface area (Å²) in [5.74, 6) is 0.0383. The van der Waals surface area contributed by atoms with Crippen LogP contribution in [0, 0.1) is 13.8 Å². The molecule has 2 aromatic rings. The Labute approximate surface area is 166 Å². The number of carbonyl (C=O) groups excluding carboxylic acids is 2. The van der Waals surface area contributed by atoms with Crippen LogP contribution in [0.4, 0.5) is 5.69 Å². The fraction of sp³-hybridized carbons (Fsp3) is 0.500. The van der Waals surface area contributed by atoms with Crippen LogP contribution in [0.25, 0.3) is 0 Å². The summed E-state index contributed by atoms with van der Waals surface area (Å²) < 4.78 is 1.95. The van der Waals surface area contributed by atoms with Gasteiger partial charge in [-0.05, 0) is 56.7 Å². The van der Waals surface area contributed by atoms with Gasteiger partial charge in [-0.15, -0.1) is 0 Å². The van der Waals surface area contributed by atoms with Gasteiger partial charge in [0.1, 0.15) is 0 Å². The average Bonchev–Trinajstić information content (AvgIpc) is 3.08. The summed E-state index contributed by atoms with van der Waals surface area (Å²) in [6, 6.07) is 5.97. The van der Waals surface area contributed by atoms with Crippen LogP contribution in [-0.2, 0) is 13.0 Å². The van der Waals surface area contributed by atoms with E-state index in [2.05, 4.69) is 17.2 Å². The highest BCUT2D eigenvalue weighted by molar-refractivity contribution is 6.05. The minimum atomic E-state index is -0.241. The van der Waals surface area contributed by atoms with Crippen LogP contribution < -0.4 is 5.32 Å². The number of nitrogens with zero attached hydrogens (tertiary/aromatic N) is 3. The van der Waals surface area contributed by atoms with Crippen molar-refractivity contribution in [3.63, 3.8) is 0 Å². The van der Waals surface area contributed by atoms with Crippen molar-refractivity contribution in [3.8, 4) is 0 Å². The second kappa shape index (κ2) is 8.59. The van der Waals surface area contributed by atoms with Crippen LogP contribution in [0.15, 0.2) is 18.2 Å². The van der Waals surface area contributed by atoms with Crippen LogP contribution in [0.3, 0.4) is 0 Å². The number of aryl methyl sites for hydroxylation is 2. The molecule has 150 valence electrons. The lowest BCUT2D eigenvalue weighted by Gasteiger charge is -2.20. The van der Waals surface area contributed by atoms with E-state index in [1.165, 1.54) is 0 Å². The molecule has 3 rings (SSSR count). The highest BCUT2D eigenvalue weighted by atomic mass is 16.2. The van der Waals surface area contributed by atoms with E-state index in [9.17, 15) is 9.59 Å². The number of aromatic nitrogens is 2. The molecule has 2 heterocycles. The van der Waals surface area contributed by atoms with Crippen molar-refractivity contribution in [1.82, 2.24) is 14.5 Å². The van der Waals surface area contributed by atoms with Crippen LogP contribution in [0.5, 0.6) is 0 Å². The Morgan fingerprint density at radius 1 is 1.25 bits per heavy atom. The zero-order valence-electron chi connectivity index (χ0n) is 17.3. The summed E-state index contributed by atoms with van der Waals surface area (Å²) in [5.41, 5.74) is 4.13. The van der Waals surface area contributed by atoms with Gasteiger partial charge in [0.15, 0.2) is 11.5 Å². The van der Waals surface area contributed by atoms with Gasteiger partial charge in [0.05, 0.1) is 5.69 Å². The van der Waals surface area contributed by atoms with E-state index in [0.717, 1.165) is 61.2 Å². The maximum Gasteiger partial charge on any atom is 0.289 e. The highest BCUT2D eigenvalue weighted by Crippen LogP contribution is 2.24. The number of hydrogen-bond acceptors (Lipinski definition) is 3. The molecule has 6 heteroatoms. The molecule has 1 aromatic heterocycles. The Kier molecular flexibility index (Phi) is 6.17. The first-order valence-electron chi connectivity index (χ1n) is 10.2. The summed E-state index contributed by atoms with van der Waals surface area (Å²) in [7, 11) is 1.80. The van der Waals surface area contributed by atoms with Crippen LogP contribution >= 0.6 is 0 Å². The maximum absolute atomic E-state index is 13.0. The largest absolute Gasteiger partial charge is 0.339 e. The third-order valence-electron chi connectivity index (χ3n) is 5.36. The molecular weight excluding hydrogens is 352 g/mol. The van der Waals surface area contributed by atoms with Crippen molar-refractivity contribution >= 4 is 17.5 Å². The van der Waals surface area contributed by atoms with E-state index < -0.39 is 0 Å². The van der Waals surface area contributed by atoms with Crippen molar-refractivity contribution in [2.24, 2.45) is 0 Å². The Bertz CT molecular complexity index is 885.